The molecular formula is C18H30N2O. The highest BCUT2D eigenvalue weighted by atomic mass is 16.5. The third-order valence-corrected chi connectivity index (χ3v) is 3.99. The number of hydrogen-bond donors (Lipinski definition) is 1. The normalized spacial score (nSPS) is 16.1. The van der Waals surface area contributed by atoms with Crippen LogP contribution in [0.1, 0.15) is 52.0 Å². The Balaban J connectivity index is 2.15. The van der Waals surface area contributed by atoms with Crippen molar-refractivity contribution in [2.45, 2.75) is 59.0 Å². The molecule has 1 aromatic rings. The maximum atomic E-state index is 5.91. The molecule has 1 N–H and O–H groups in total. The van der Waals surface area contributed by atoms with Crippen LogP contribution in [-0.4, -0.2) is 25.7 Å². The minimum absolute atomic E-state index is 0.505. The molecule has 0 saturated carbocycles. The van der Waals surface area contributed by atoms with Gasteiger partial charge in [-0.25, -0.2) is 0 Å². The van der Waals surface area contributed by atoms with Crippen LogP contribution in [0.15, 0.2) is 18.2 Å². The Labute approximate surface area is 129 Å². The van der Waals surface area contributed by atoms with Crippen molar-refractivity contribution in [3.63, 3.8) is 0 Å². The molecule has 1 fully saturated rings. The summed E-state index contributed by atoms with van der Waals surface area (Å²) in [6.45, 7) is 10.3. The highest BCUT2D eigenvalue weighted by molar-refractivity contribution is 5.60. The first-order valence-electron chi connectivity index (χ1n) is 8.44. The molecule has 2 rings (SSSR count). The van der Waals surface area contributed by atoms with Gasteiger partial charge in [0.05, 0.1) is 12.3 Å². The zero-order valence-electron chi connectivity index (χ0n) is 13.8. The van der Waals surface area contributed by atoms with Gasteiger partial charge >= 0.3 is 0 Å². The average molecular weight is 290 g/mol. The summed E-state index contributed by atoms with van der Waals surface area (Å²) in [5.74, 6) is 1.04. The van der Waals surface area contributed by atoms with Gasteiger partial charge < -0.3 is 15.0 Å². The fourth-order valence-electron chi connectivity index (χ4n) is 2.83. The van der Waals surface area contributed by atoms with E-state index in [1.165, 1.54) is 36.9 Å². The summed E-state index contributed by atoms with van der Waals surface area (Å²) >= 11 is 0. The van der Waals surface area contributed by atoms with E-state index < -0.39 is 0 Å². The second kappa shape index (κ2) is 8.28. The monoisotopic (exact) mass is 290 g/mol. The number of rotatable bonds is 6. The van der Waals surface area contributed by atoms with Crippen LogP contribution in [0.5, 0.6) is 5.75 Å². The van der Waals surface area contributed by atoms with E-state index in [4.69, 9.17) is 4.74 Å². The summed E-state index contributed by atoms with van der Waals surface area (Å²) in [5, 5.41) is 3.47. The van der Waals surface area contributed by atoms with Crippen molar-refractivity contribution in [2.75, 3.05) is 24.6 Å². The van der Waals surface area contributed by atoms with E-state index in [1.807, 2.05) is 0 Å². The Morgan fingerprint density at radius 2 is 1.86 bits per heavy atom. The van der Waals surface area contributed by atoms with E-state index in [0.717, 1.165) is 32.0 Å². The average Bonchev–Trinajstić information content (AvgIpc) is 2.75. The summed E-state index contributed by atoms with van der Waals surface area (Å²) in [7, 11) is 0. The van der Waals surface area contributed by atoms with Crippen molar-refractivity contribution in [1.29, 1.82) is 0 Å². The number of hydrogen-bond acceptors (Lipinski definition) is 3. The number of nitrogens with zero attached hydrogens (tertiary/aromatic N) is 1. The molecule has 0 amide bonds. The molecule has 3 nitrogen and oxygen atoms in total. The molecule has 0 radical (unpaired) electrons. The van der Waals surface area contributed by atoms with Crippen molar-refractivity contribution in [2.24, 2.45) is 0 Å². The number of benzene rings is 1. The number of anilines is 1. The van der Waals surface area contributed by atoms with Crippen LogP contribution in [0.4, 0.5) is 5.69 Å². The molecule has 1 heterocycles. The van der Waals surface area contributed by atoms with Crippen LogP contribution in [-0.2, 0) is 6.54 Å². The smallest absolute Gasteiger partial charge is 0.142 e. The number of ether oxygens (including phenoxy) is 1. The second-order valence-electron chi connectivity index (χ2n) is 6.17. The Morgan fingerprint density at radius 3 is 2.48 bits per heavy atom. The van der Waals surface area contributed by atoms with E-state index in [9.17, 15) is 0 Å². The summed E-state index contributed by atoms with van der Waals surface area (Å²) < 4.78 is 5.91. The Kier molecular flexibility index (Phi) is 6.37. The van der Waals surface area contributed by atoms with Gasteiger partial charge in [-0.05, 0) is 37.5 Å². The molecule has 0 spiro atoms. The van der Waals surface area contributed by atoms with Gasteiger partial charge in [-0.1, -0.05) is 32.8 Å². The summed E-state index contributed by atoms with van der Waals surface area (Å²) in [6.07, 6.45) is 5.30. The van der Waals surface area contributed by atoms with Crippen LogP contribution in [0.25, 0.3) is 0 Å². The third kappa shape index (κ3) is 4.92. The van der Waals surface area contributed by atoms with E-state index in [0.29, 0.717) is 6.04 Å². The predicted octanol–water partition coefficient (Wildman–Crippen LogP) is 3.96. The van der Waals surface area contributed by atoms with Gasteiger partial charge in [0, 0.05) is 25.7 Å². The van der Waals surface area contributed by atoms with E-state index >= 15 is 0 Å². The maximum Gasteiger partial charge on any atom is 0.142 e. The lowest BCUT2D eigenvalue weighted by Crippen LogP contribution is -2.25. The molecule has 0 bridgehead atoms. The zero-order valence-corrected chi connectivity index (χ0v) is 13.8. The van der Waals surface area contributed by atoms with Crippen LogP contribution < -0.4 is 15.0 Å². The van der Waals surface area contributed by atoms with Gasteiger partial charge in [-0.3, -0.25) is 0 Å². The van der Waals surface area contributed by atoms with E-state index in [1.54, 1.807) is 0 Å². The highest BCUT2D eigenvalue weighted by Gasteiger charge is 2.15. The molecule has 0 aliphatic carbocycles. The molecule has 0 unspecified atom stereocenters. The van der Waals surface area contributed by atoms with Crippen LogP contribution >= 0.6 is 0 Å². The zero-order chi connectivity index (χ0) is 15.1. The first-order chi connectivity index (χ1) is 10.2. The predicted molar refractivity (Wildman–Crippen MR) is 90.3 cm³/mol. The van der Waals surface area contributed by atoms with Gasteiger partial charge in [-0.2, -0.15) is 0 Å². The van der Waals surface area contributed by atoms with Crippen molar-refractivity contribution in [1.82, 2.24) is 5.32 Å². The standard InChI is InChI=1S/C18H30N2O/c1-4-21-18-13-16(14-19-15(2)3)9-10-17(18)20-11-7-5-6-8-12-20/h9-10,13,15,19H,4-8,11-12,14H2,1-3H3. The summed E-state index contributed by atoms with van der Waals surface area (Å²) in [4.78, 5) is 2.50. The minimum Gasteiger partial charge on any atom is -0.492 e. The quantitative estimate of drug-likeness (QED) is 0.858. The molecule has 1 aromatic carbocycles. The molecule has 1 saturated heterocycles. The molecular weight excluding hydrogens is 260 g/mol. The lowest BCUT2D eigenvalue weighted by Gasteiger charge is -2.25. The SMILES string of the molecule is CCOc1cc(CNC(C)C)ccc1N1CCCCCC1. The van der Waals surface area contributed by atoms with E-state index in [2.05, 4.69) is 49.2 Å². The summed E-state index contributed by atoms with van der Waals surface area (Å²) in [6, 6.07) is 7.19. The first-order valence-corrected chi connectivity index (χ1v) is 8.44. The van der Waals surface area contributed by atoms with Crippen molar-refractivity contribution < 1.29 is 4.74 Å². The fraction of sp³-hybridized carbons (Fsp3) is 0.667. The molecule has 21 heavy (non-hydrogen) atoms. The topological polar surface area (TPSA) is 24.5 Å². The molecule has 0 aromatic heterocycles. The second-order valence-corrected chi connectivity index (χ2v) is 6.17. The van der Waals surface area contributed by atoms with Crippen molar-refractivity contribution >= 4 is 5.69 Å². The molecule has 3 heteroatoms. The Morgan fingerprint density at radius 1 is 1.14 bits per heavy atom. The van der Waals surface area contributed by atoms with Crippen molar-refractivity contribution in [3.8, 4) is 5.75 Å². The lowest BCUT2D eigenvalue weighted by atomic mass is 10.1. The molecule has 1 aliphatic heterocycles. The minimum atomic E-state index is 0.505. The maximum absolute atomic E-state index is 5.91. The van der Waals surface area contributed by atoms with Crippen LogP contribution in [0, 0.1) is 0 Å². The molecule has 118 valence electrons. The summed E-state index contributed by atoms with van der Waals surface area (Å²) in [5.41, 5.74) is 2.57. The Hall–Kier alpha value is -1.22. The van der Waals surface area contributed by atoms with Gasteiger partial charge in [0.2, 0.25) is 0 Å². The van der Waals surface area contributed by atoms with Crippen LogP contribution in [0.3, 0.4) is 0 Å². The highest BCUT2D eigenvalue weighted by Crippen LogP contribution is 2.31. The lowest BCUT2D eigenvalue weighted by molar-refractivity contribution is 0.340. The van der Waals surface area contributed by atoms with E-state index in [-0.39, 0.29) is 0 Å². The van der Waals surface area contributed by atoms with Crippen LogP contribution in [0.2, 0.25) is 0 Å². The molecule has 0 atom stereocenters. The largest absolute Gasteiger partial charge is 0.492 e. The van der Waals surface area contributed by atoms with Crippen molar-refractivity contribution in [3.05, 3.63) is 23.8 Å². The third-order valence-electron chi connectivity index (χ3n) is 3.99. The number of nitrogens with one attached hydrogen (secondary N) is 1. The van der Waals surface area contributed by atoms with Gasteiger partial charge in [-0.15, -0.1) is 0 Å². The molecule has 1 aliphatic rings. The first kappa shape index (κ1) is 16.2. The Bertz CT molecular complexity index is 423. The van der Waals surface area contributed by atoms with Gasteiger partial charge in [0.25, 0.3) is 0 Å². The van der Waals surface area contributed by atoms with Gasteiger partial charge in [0.15, 0.2) is 0 Å². The fourth-order valence-corrected chi connectivity index (χ4v) is 2.83. The van der Waals surface area contributed by atoms with Gasteiger partial charge in [0.1, 0.15) is 5.75 Å².